The van der Waals surface area contributed by atoms with E-state index in [0.717, 1.165) is 0 Å². The molecule has 10 heavy (non-hydrogen) atoms. The van der Waals surface area contributed by atoms with Gasteiger partial charge >= 0.3 is 59.6 Å². The minimum atomic E-state index is -4.65. The van der Waals surface area contributed by atoms with Gasteiger partial charge in [-0.1, -0.05) is 0 Å². The van der Waals surface area contributed by atoms with E-state index >= 15 is 0 Å². The summed E-state index contributed by atoms with van der Waals surface area (Å²) in [6.45, 7) is 2.21. The Bertz CT molecular complexity index is 158. The normalized spacial score (nSPS) is 14.9. The standard InChI is InChI=1S/C4H10BNO3P/c1-2-3-10(7,8,9)5-4-6/h7-9H,2-3H2,1H3. The molecule has 3 N–H and O–H groups in total. The summed E-state index contributed by atoms with van der Waals surface area (Å²) in [6, 6.07) is 0. The third-order valence-electron chi connectivity index (χ3n) is 0.975. The maximum absolute atomic E-state index is 8.94. The minimum absolute atomic E-state index is 0.140. The van der Waals surface area contributed by atoms with Crippen LogP contribution in [0.3, 0.4) is 0 Å². The molecule has 0 unspecified atom stereocenters. The molecule has 0 aliphatic heterocycles. The molecule has 0 rings (SSSR count). The second-order valence-electron chi connectivity index (χ2n) is 2.20. The first-order valence-corrected chi connectivity index (χ1v) is 5.24. The van der Waals surface area contributed by atoms with Crippen molar-refractivity contribution in [2.24, 2.45) is 0 Å². The summed E-state index contributed by atoms with van der Waals surface area (Å²) in [4.78, 5) is 26.8. The van der Waals surface area contributed by atoms with Crippen LogP contribution in [-0.4, -0.2) is 27.8 Å². The van der Waals surface area contributed by atoms with Gasteiger partial charge in [0.15, 0.2) is 0 Å². The average molecular weight is 162 g/mol. The Hall–Kier alpha value is -0.135. The molecule has 0 aliphatic carbocycles. The van der Waals surface area contributed by atoms with Crippen molar-refractivity contribution < 1.29 is 14.7 Å². The van der Waals surface area contributed by atoms with Crippen LogP contribution in [0.25, 0.3) is 0 Å². The van der Waals surface area contributed by atoms with Gasteiger partial charge in [0.2, 0.25) is 0 Å². The molecule has 0 fully saturated rings. The Morgan fingerprint density at radius 1 is 1.50 bits per heavy atom. The van der Waals surface area contributed by atoms with Gasteiger partial charge in [0, 0.05) is 0 Å². The fraction of sp³-hybridized carbons (Fsp3) is 0.750. The van der Waals surface area contributed by atoms with Crippen molar-refractivity contribution in [3.63, 3.8) is 0 Å². The van der Waals surface area contributed by atoms with E-state index in [1.54, 1.807) is 6.92 Å². The quantitative estimate of drug-likeness (QED) is 0.395. The molecule has 6 heteroatoms. The molecule has 0 bridgehead atoms. The zero-order chi connectivity index (χ0) is 8.28. The predicted molar refractivity (Wildman–Crippen MR) is 40.1 cm³/mol. The Kier molecular flexibility index (Phi) is 2.81. The molecule has 0 spiro atoms. The summed E-state index contributed by atoms with van der Waals surface area (Å²) in [5.74, 6) is 1.42. The first-order valence-electron chi connectivity index (χ1n) is 2.89. The maximum atomic E-state index is 8.94. The van der Waals surface area contributed by atoms with Crippen molar-refractivity contribution in [3.05, 3.63) is 0 Å². The van der Waals surface area contributed by atoms with Gasteiger partial charge in [0.25, 0.3) is 0 Å². The molecule has 57 valence electrons. The van der Waals surface area contributed by atoms with Crippen molar-refractivity contribution in [3.8, 4) is 5.97 Å². The fourth-order valence-corrected chi connectivity index (χ4v) is 1.84. The van der Waals surface area contributed by atoms with Crippen LogP contribution < -0.4 is 0 Å². The molecule has 0 atom stereocenters. The van der Waals surface area contributed by atoms with Crippen LogP contribution >= 0.6 is 7.16 Å². The Morgan fingerprint density at radius 3 is 2.30 bits per heavy atom. The van der Waals surface area contributed by atoms with E-state index in [1.807, 2.05) is 0 Å². The van der Waals surface area contributed by atoms with Gasteiger partial charge in [-0.05, 0) is 0 Å². The summed E-state index contributed by atoms with van der Waals surface area (Å²) in [6.07, 6.45) is 0.290. The summed E-state index contributed by atoms with van der Waals surface area (Å²) >= 11 is 0. The molecule has 4 nitrogen and oxygen atoms in total. The number of hydrogen-bond donors (Lipinski definition) is 3. The van der Waals surface area contributed by atoms with E-state index in [9.17, 15) is 0 Å². The van der Waals surface area contributed by atoms with Crippen molar-refractivity contribution in [1.82, 2.24) is 0 Å². The third kappa shape index (κ3) is 3.81. The van der Waals surface area contributed by atoms with Crippen molar-refractivity contribution in [2.45, 2.75) is 13.3 Å². The summed E-state index contributed by atoms with van der Waals surface area (Å²) < 4.78 is 0. The van der Waals surface area contributed by atoms with Crippen LogP contribution in [0, 0.1) is 11.2 Å². The van der Waals surface area contributed by atoms with E-state index in [4.69, 9.17) is 19.9 Å². The molecule has 0 aromatic heterocycles. The average Bonchev–Trinajstić information content (AvgIpc) is 1.61. The molecule has 0 aromatic rings. The van der Waals surface area contributed by atoms with Crippen LogP contribution in [0.4, 0.5) is 0 Å². The van der Waals surface area contributed by atoms with Crippen molar-refractivity contribution >= 4 is 14.2 Å². The van der Waals surface area contributed by atoms with Crippen molar-refractivity contribution in [1.29, 1.82) is 5.26 Å². The van der Waals surface area contributed by atoms with E-state index < -0.39 is 7.16 Å². The van der Waals surface area contributed by atoms with Crippen LogP contribution in [0.1, 0.15) is 13.3 Å². The van der Waals surface area contributed by atoms with Crippen LogP contribution in [0.2, 0.25) is 0 Å². The van der Waals surface area contributed by atoms with E-state index in [1.165, 1.54) is 5.97 Å². The van der Waals surface area contributed by atoms with Gasteiger partial charge in [0.1, 0.15) is 0 Å². The molecule has 0 aliphatic rings. The molecule has 0 aromatic carbocycles. The van der Waals surface area contributed by atoms with Gasteiger partial charge in [0.05, 0.1) is 0 Å². The fourth-order valence-electron chi connectivity index (χ4n) is 0.612. The Labute approximate surface area is 60.5 Å². The van der Waals surface area contributed by atoms with Gasteiger partial charge in [-0.25, -0.2) is 0 Å². The molecular weight excluding hydrogens is 152 g/mol. The number of nitrogens with zero attached hydrogens (tertiary/aromatic N) is 1. The zero-order valence-electron chi connectivity index (χ0n) is 5.73. The van der Waals surface area contributed by atoms with Crippen LogP contribution in [-0.2, 0) is 0 Å². The monoisotopic (exact) mass is 162 g/mol. The summed E-state index contributed by atoms with van der Waals surface area (Å²) in [5.41, 5.74) is 0. The first kappa shape index (κ1) is 9.86. The first-order chi connectivity index (χ1) is 4.39. The Morgan fingerprint density at radius 2 is 2.00 bits per heavy atom. The molecule has 0 saturated carbocycles. The number of hydrogen-bond acceptors (Lipinski definition) is 4. The molecule has 0 saturated heterocycles. The molecular formula is C4H10BNO3P. The predicted octanol–water partition coefficient (Wildman–Crippen LogP) is -0.228. The van der Waals surface area contributed by atoms with Gasteiger partial charge < -0.3 is 0 Å². The SMILES string of the molecule is CCCP(O)(O)(O)[B]C#N. The van der Waals surface area contributed by atoms with Crippen LogP contribution in [0.5, 0.6) is 0 Å². The van der Waals surface area contributed by atoms with Gasteiger partial charge in [-0.3, -0.25) is 0 Å². The second-order valence-corrected chi connectivity index (χ2v) is 5.35. The molecule has 1 radical (unpaired) electrons. The van der Waals surface area contributed by atoms with E-state index in [0.29, 0.717) is 13.4 Å². The molecule has 0 heterocycles. The van der Waals surface area contributed by atoms with Crippen molar-refractivity contribution in [2.75, 3.05) is 6.16 Å². The number of rotatable bonds is 3. The summed E-state index contributed by atoms with van der Waals surface area (Å²) in [5, 5.41) is 8.04. The topological polar surface area (TPSA) is 84.5 Å². The van der Waals surface area contributed by atoms with E-state index in [2.05, 4.69) is 0 Å². The third-order valence-corrected chi connectivity index (χ3v) is 2.92. The Balaban J connectivity index is 4.14. The van der Waals surface area contributed by atoms with Crippen LogP contribution in [0.15, 0.2) is 0 Å². The van der Waals surface area contributed by atoms with E-state index in [-0.39, 0.29) is 6.16 Å². The number of nitriles is 1. The van der Waals surface area contributed by atoms with Gasteiger partial charge in [-0.2, -0.15) is 0 Å². The van der Waals surface area contributed by atoms with Gasteiger partial charge in [-0.15, -0.1) is 0 Å². The zero-order valence-corrected chi connectivity index (χ0v) is 6.62. The summed E-state index contributed by atoms with van der Waals surface area (Å²) in [7, 11) is -4.65. The second kappa shape index (κ2) is 2.85. The molecule has 0 amide bonds.